The summed E-state index contributed by atoms with van der Waals surface area (Å²) < 4.78 is 4.89. The molecule has 0 aromatic heterocycles. The molecule has 0 saturated carbocycles. The maximum absolute atomic E-state index is 11.5. The maximum Gasteiger partial charge on any atom is 0.413 e. The number of alkyl halides is 1. The second-order valence-corrected chi connectivity index (χ2v) is 4.14. The molecular weight excluding hydrogens is 293 g/mol. The van der Waals surface area contributed by atoms with E-state index < -0.39 is 0 Å². The van der Waals surface area contributed by atoms with Gasteiger partial charge in [-0.05, 0) is 24.6 Å². The first-order valence-electron chi connectivity index (χ1n) is 4.85. The van der Waals surface area contributed by atoms with E-state index in [0.717, 1.165) is 5.56 Å². The third-order valence-electron chi connectivity index (χ3n) is 2.11. The molecule has 0 spiro atoms. The Balaban J connectivity index is 2.88. The number of carbonyl (C=O) groups excluding carboxylic acids is 1. The van der Waals surface area contributed by atoms with Gasteiger partial charge in [0.15, 0.2) is 0 Å². The van der Waals surface area contributed by atoms with Gasteiger partial charge in [-0.25, -0.2) is 4.79 Å². The fourth-order valence-electron chi connectivity index (χ4n) is 1.18. The highest BCUT2D eigenvalue weighted by atomic mass is 79.9. The van der Waals surface area contributed by atoms with Crippen LogP contribution < -0.4 is 4.90 Å². The van der Waals surface area contributed by atoms with Crippen molar-refractivity contribution in [3.8, 4) is 0 Å². The van der Waals surface area contributed by atoms with Gasteiger partial charge in [0.25, 0.3) is 0 Å². The van der Waals surface area contributed by atoms with Gasteiger partial charge in [0.05, 0.1) is 6.61 Å². The summed E-state index contributed by atoms with van der Waals surface area (Å²) in [5.74, 6) is 0. The molecule has 0 unspecified atom stereocenters. The molecule has 0 radical (unpaired) electrons. The van der Waals surface area contributed by atoms with Crippen LogP contribution >= 0.6 is 27.5 Å². The zero-order valence-electron chi connectivity index (χ0n) is 9.17. The number of halogens is 2. The summed E-state index contributed by atoms with van der Waals surface area (Å²) in [5.41, 5.74) is 1.70. The van der Waals surface area contributed by atoms with Crippen molar-refractivity contribution in [3.63, 3.8) is 0 Å². The van der Waals surface area contributed by atoms with Gasteiger partial charge in [-0.3, -0.25) is 4.90 Å². The lowest BCUT2D eigenvalue weighted by Gasteiger charge is -2.17. The minimum Gasteiger partial charge on any atom is -0.449 e. The molecule has 0 fully saturated rings. The Bertz CT molecular complexity index is 384. The molecular formula is C11H13BrClNO2. The Hall–Kier alpha value is -0.740. The van der Waals surface area contributed by atoms with Crippen LogP contribution in [0.3, 0.4) is 0 Å². The monoisotopic (exact) mass is 305 g/mol. The number of ether oxygens (including phenoxy) is 1. The molecule has 3 nitrogen and oxygen atoms in total. The van der Waals surface area contributed by atoms with E-state index in [-0.39, 0.29) is 6.09 Å². The number of carbonyl (C=O) groups is 1. The van der Waals surface area contributed by atoms with Crippen LogP contribution in [0.1, 0.15) is 12.5 Å². The van der Waals surface area contributed by atoms with Gasteiger partial charge in [0.1, 0.15) is 0 Å². The Morgan fingerprint density at radius 1 is 1.56 bits per heavy atom. The summed E-state index contributed by atoms with van der Waals surface area (Å²) >= 11 is 9.38. The van der Waals surface area contributed by atoms with Crippen LogP contribution in [-0.2, 0) is 10.1 Å². The molecule has 1 rings (SSSR count). The first kappa shape index (κ1) is 13.3. The standard InChI is InChI=1S/C11H13BrClNO2/c1-3-16-11(15)14(2)9-5-4-8(7-12)10(13)6-9/h4-6H,3,7H2,1-2H3. The first-order chi connectivity index (χ1) is 7.60. The molecule has 0 bridgehead atoms. The van der Waals surface area contributed by atoms with Gasteiger partial charge in [-0.15, -0.1) is 0 Å². The highest BCUT2D eigenvalue weighted by Crippen LogP contribution is 2.25. The van der Waals surface area contributed by atoms with Crippen LogP contribution in [0.5, 0.6) is 0 Å². The van der Waals surface area contributed by atoms with Gasteiger partial charge in [0, 0.05) is 23.1 Å². The zero-order valence-corrected chi connectivity index (χ0v) is 11.5. The SMILES string of the molecule is CCOC(=O)N(C)c1ccc(CBr)c(Cl)c1. The van der Waals surface area contributed by atoms with Gasteiger partial charge in [0.2, 0.25) is 0 Å². The molecule has 0 aliphatic rings. The van der Waals surface area contributed by atoms with Gasteiger partial charge < -0.3 is 4.74 Å². The summed E-state index contributed by atoms with van der Waals surface area (Å²) in [6.07, 6.45) is -0.384. The van der Waals surface area contributed by atoms with E-state index in [0.29, 0.717) is 22.6 Å². The van der Waals surface area contributed by atoms with Crippen LogP contribution in [0.2, 0.25) is 5.02 Å². The first-order valence-corrected chi connectivity index (χ1v) is 6.35. The van der Waals surface area contributed by atoms with Crippen molar-refractivity contribution in [2.75, 3.05) is 18.6 Å². The van der Waals surface area contributed by atoms with Crippen molar-refractivity contribution in [2.24, 2.45) is 0 Å². The fraction of sp³-hybridized carbons (Fsp3) is 0.364. The number of anilines is 1. The van der Waals surface area contributed by atoms with E-state index in [4.69, 9.17) is 16.3 Å². The summed E-state index contributed by atoms with van der Waals surface area (Å²) in [5, 5.41) is 1.32. The summed E-state index contributed by atoms with van der Waals surface area (Å²) in [6, 6.07) is 5.45. The Kier molecular flexibility index (Phi) is 5.09. The lowest BCUT2D eigenvalue weighted by molar-refractivity contribution is 0.161. The van der Waals surface area contributed by atoms with E-state index in [1.165, 1.54) is 4.90 Å². The molecule has 5 heteroatoms. The number of hydrogen-bond acceptors (Lipinski definition) is 2. The summed E-state index contributed by atoms with van der Waals surface area (Å²) in [7, 11) is 1.65. The molecule has 1 aromatic rings. The van der Waals surface area contributed by atoms with Crippen LogP contribution in [0.25, 0.3) is 0 Å². The smallest absolute Gasteiger partial charge is 0.413 e. The fourth-order valence-corrected chi connectivity index (χ4v) is 2.07. The summed E-state index contributed by atoms with van der Waals surface area (Å²) in [6.45, 7) is 2.13. The molecule has 0 aliphatic heterocycles. The lowest BCUT2D eigenvalue weighted by Crippen LogP contribution is -2.26. The second-order valence-electron chi connectivity index (χ2n) is 3.17. The average molecular weight is 307 g/mol. The number of nitrogens with zero attached hydrogens (tertiary/aromatic N) is 1. The Labute approximate surface area is 108 Å². The predicted molar refractivity (Wildman–Crippen MR) is 69.5 cm³/mol. The Morgan fingerprint density at radius 2 is 2.25 bits per heavy atom. The predicted octanol–water partition coefficient (Wildman–Crippen LogP) is 3.83. The molecule has 0 aliphatic carbocycles. The molecule has 0 saturated heterocycles. The van der Waals surface area contributed by atoms with E-state index >= 15 is 0 Å². The number of benzene rings is 1. The Morgan fingerprint density at radius 3 is 2.75 bits per heavy atom. The van der Waals surface area contributed by atoms with Gasteiger partial charge in [-0.1, -0.05) is 33.6 Å². The van der Waals surface area contributed by atoms with E-state index in [1.807, 2.05) is 12.1 Å². The van der Waals surface area contributed by atoms with Crippen molar-refractivity contribution < 1.29 is 9.53 Å². The third-order valence-corrected chi connectivity index (χ3v) is 3.07. The van der Waals surface area contributed by atoms with Gasteiger partial charge in [-0.2, -0.15) is 0 Å². The molecule has 16 heavy (non-hydrogen) atoms. The molecule has 1 aromatic carbocycles. The number of amides is 1. The van der Waals surface area contributed by atoms with Gasteiger partial charge >= 0.3 is 6.09 Å². The highest BCUT2D eigenvalue weighted by molar-refractivity contribution is 9.08. The molecule has 0 heterocycles. The average Bonchev–Trinajstić information content (AvgIpc) is 2.28. The van der Waals surface area contributed by atoms with E-state index in [2.05, 4.69) is 15.9 Å². The van der Waals surface area contributed by atoms with Crippen LogP contribution in [0.4, 0.5) is 10.5 Å². The minimum absolute atomic E-state index is 0.358. The van der Waals surface area contributed by atoms with E-state index in [1.54, 1.807) is 20.0 Å². The minimum atomic E-state index is -0.384. The zero-order chi connectivity index (χ0) is 12.1. The maximum atomic E-state index is 11.5. The third kappa shape index (κ3) is 3.12. The van der Waals surface area contributed by atoms with Crippen LogP contribution in [-0.4, -0.2) is 19.7 Å². The molecule has 88 valence electrons. The quantitative estimate of drug-likeness (QED) is 0.794. The highest BCUT2D eigenvalue weighted by Gasteiger charge is 2.12. The van der Waals surface area contributed by atoms with Crippen molar-refractivity contribution in [1.29, 1.82) is 0 Å². The van der Waals surface area contributed by atoms with Crippen LogP contribution in [0, 0.1) is 0 Å². The summed E-state index contributed by atoms with van der Waals surface area (Å²) in [4.78, 5) is 12.9. The van der Waals surface area contributed by atoms with Crippen molar-refractivity contribution in [1.82, 2.24) is 0 Å². The number of rotatable bonds is 3. The molecule has 0 atom stereocenters. The van der Waals surface area contributed by atoms with Crippen molar-refractivity contribution >= 4 is 39.3 Å². The molecule has 1 amide bonds. The van der Waals surface area contributed by atoms with Crippen LogP contribution in [0.15, 0.2) is 18.2 Å². The number of hydrogen-bond donors (Lipinski definition) is 0. The lowest BCUT2D eigenvalue weighted by atomic mass is 10.2. The van der Waals surface area contributed by atoms with Crippen molar-refractivity contribution in [2.45, 2.75) is 12.3 Å². The normalized spacial score (nSPS) is 10.0. The second kappa shape index (κ2) is 6.11. The largest absolute Gasteiger partial charge is 0.449 e. The van der Waals surface area contributed by atoms with E-state index in [9.17, 15) is 4.79 Å². The molecule has 0 N–H and O–H groups in total. The van der Waals surface area contributed by atoms with Crippen molar-refractivity contribution in [3.05, 3.63) is 28.8 Å². The topological polar surface area (TPSA) is 29.5 Å².